The standard InChI is InChI=1S/C17H18N4O2/c1-11-7-12(2)21(19-11)16-6-4-5-14(8-16)15-9-18-20(10-15)13(3)17(22)23/h4-10,13H,1-3H3,(H,22,23). The van der Waals surface area contributed by atoms with Crippen molar-refractivity contribution >= 4 is 5.97 Å². The average Bonchev–Trinajstić information content (AvgIpc) is 3.13. The Morgan fingerprint density at radius 2 is 2.00 bits per heavy atom. The number of carboxylic acids is 1. The van der Waals surface area contributed by atoms with E-state index >= 15 is 0 Å². The quantitative estimate of drug-likeness (QED) is 0.804. The molecule has 0 saturated heterocycles. The number of aromatic nitrogens is 4. The first kappa shape index (κ1) is 15.0. The van der Waals surface area contributed by atoms with Gasteiger partial charge < -0.3 is 5.11 Å². The molecule has 0 spiro atoms. The number of carboxylic acid groups (broad SMARTS) is 1. The molecule has 23 heavy (non-hydrogen) atoms. The topological polar surface area (TPSA) is 72.9 Å². The van der Waals surface area contributed by atoms with Gasteiger partial charge in [0.2, 0.25) is 0 Å². The Labute approximate surface area is 134 Å². The van der Waals surface area contributed by atoms with Crippen LogP contribution in [0.5, 0.6) is 0 Å². The Balaban J connectivity index is 1.97. The van der Waals surface area contributed by atoms with Gasteiger partial charge in [0.05, 0.1) is 17.6 Å². The molecule has 0 bridgehead atoms. The summed E-state index contributed by atoms with van der Waals surface area (Å²) in [6.07, 6.45) is 3.43. The molecule has 1 N–H and O–H groups in total. The van der Waals surface area contributed by atoms with Crippen molar-refractivity contribution in [3.63, 3.8) is 0 Å². The molecular formula is C17H18N4O2. The Bertz CT molecular complexity index is 863. The zero-order valence-electron chi connectivity index (χ0n) is 13.3. The van der Waals surface area contributed by atoms with Crippen molar-refractivity contribution in [2.75, 3.05) is 0 Å². The molecule has 3 rings (SSSR count). The van der Waals surface area contributed by atoms with E-state index in [1.165, 1.54) is 4.68 Å². The molecule has 1 aromatic carbocycles. The lowest BCUT2D eigenvalue weighted by atomic mass is 10.1. The van der Waals surface area contributed by atoms with Gasteiger partial charge in [0.25, 0.3) is 0 Å². The van der Waals surface area contributed by atoms with Crippen LogP contribution < -0.4 is 0 Å². The molecule has 1 atom stereocenters. The third kappa shape index (κ3) is 2.88. The summed E-state index contributed by atoms with van der Waals surface area (Å²) in [5.74, 6) is -0.906. The largest absolute Gasteiger partial charge is 0.480 e. The molecule has 2 aromatic heterocycles. The number of hydrogen-bond acceptors (Lipinski definition) is 3. The molecule has 6 heteroatoms. The summed E-state index contributed by atoms with van der Waals surface area (Å²) < 4.78 is 3.34. The minimum atomic E-state index is -0.906. The van der Waals surface area contributed by atoms with Gasteiger partial charge in [0.1, 0.15) is 6.04 Å². The molecule has 0 aliphatic carbocycles. The molecule has 118 valence electrons. The number of aryl methyl sites for hydroxylation is 2. The zero-order chi connectivity index (χ0) is 16.6. The molecule has 2 heterocycles. The van der Waals surface area contributed by atoms with Crippen LogP contribution in [0.15, 0.2) is 42.7 Å². The average molecular weight is 310 g/mol. The van der Waals surface area contributed by atoms with Crippen molar-refractivity contribution < 1.29 is 9.90 Å². The summed E-state index contributed by atoms with van der Waals surface area (Å²) in [7, 11) is 0. The number of aliphatic carboxylic acids is 1. The summed E-state index contributed by atoms with van der Waals surface area (Å²) in [6, 6.07) is 9.28. The zero-order valence-corrected chi connectivity index (χ0v) is 13.3. The van der Waals surface area contributed by atoms with Gasteiger partial charge in [-0.25, -0.2) is 9.48 Å². The second-order valence-corrected chi connectivity index (χ2v) is 5.61. The van der Waals surface area contributed by atoms with Crippen LogP contribution in [0.4, 0.5) is 0 Å². The van der Waals surface area contributed by atoms with Crippen LogP contribution in [0.1, 0.15) is 24.4 Å². The molecule has 0 radical (unpaired) electrons. The first-order valence-corrected chi connectivity index (χ1v) is 7.37. The number of nitrogens with zero attached hydrogens (tertiary/aromatic N) is 4. The SMILES string of the molecule is Cc1cc(C)n(-c2cccc(-c3cnn(C(C)C(=O)O)c3)c2)n1. The number of hydrogen-bond donors (Lipinski definition) is 1. The second-order valence-electron chi connectivity index (χ2n) is 5.61. The predicted molar refractivity (Wildman–Crippen MR) is 86.6 cm³/mol. The minimum Gasteiger partial charge on any atom is -0.480 e. The van der Waals surface area contributed by atoms with E-state index in [0.717, 1.165) is 28.2 Å². The highest BCUT2D eigenvalue weighted by atomic mass is 16.4. The van der Waals surface area contributed by atoms with Crippen molar-refractivity contribution in [1.82, 2.24) is 19.6 Å². The highest BCUT2D eigenvalue weighted by molar-refractivity contribution is 5.72. The number of carbonyl (C=O) groups is 1. The fourth-order valence-electron chi connectivity index (χ4n) is 2.52. The highest BCUT2D eigenvalue weighted by Gasteiger charge is 2.15. The van der Waals surface area contributed by atoms with E-state index in [1.54, 1.807) is 19.3 Å². The summed E-state index contributed by atoms with van der Waals surface area (Å²) >= 11 is 0. The monoisotopic (exact) mass is 310 g/mol. The predicted octanol–water partition coefficient (Wildman–Crippen LogP) is 3.00. The van der Waals surface area contributed by atoms with E-state index in [2.05, 4.69) is 10.2 Å². The normalized spacial score (nSPS) is 12.3. The Hall–Kier alpha value is -2.89. The van der Waals surface area contributed by atoms with Crippen molar-refractivity contribution in [2.24, 2.45) is 0 Å². The van der Waals surface area contributed by atoms with Crippen molar-refractivity contribution in [3.05, 3.63) is 54.1 Å². The van der Waals surface area contributed by atoms with Gasteiger partial charge in [-0.15, -0.1) is 0 Å². The van der Waals surface area contributed by atoms with E-state index in [0.29, 0.717) is 0 Å². The lowest BCUT2D eigenvalue weighted by Gasteiger charge is -2.07. The van der Waals surface area contributed by atoms with Gasteiger partial charge in [-0.05, 0) is 44.5 Å². The van der Waals surface area contributed by atoms with Gasteiger partial charge in [-0.2, -0.15) is 10.2 Å². The minimum absolute atomic E-state index is 0.692. The molecule has 0 aliphatic heterocycles. The van der Waals surface area contributed by atoms with Gasteiger partial charge >= 0.3 is 5.97 Å². The summed E-state index contributed by atoms with van der Waals surface area (Å²) in [6.45, 7) is 5.58. The van der Waals surface area contributed by atoms with E-state index in [-0.39, 0.29) is 0 Å². The van der Waals surface area contributed by atoms with Crippen LogP contribution in [-0.4, -0.2) is 30.6 Å². The number of rotatable bonds is 4. The fourth-order valence-corrected chi connectivity index (χ4v) is 2.52. The van der Waals surface area contributed by atoms with Crippen molar-refractivity contribution in [1.29, 1.82) is 0 Å². The first-order chi connectivity index (χ1) is 11.0. The molecule has 1 unspecified atom stereocenters. The highest BCUT2D eigenvalue weighted by Crippen LogP contribution is 2.23. The summed E-state index contributed by atoms with van der Waals surface area (Å²) in [5.41, 5.74) is 4.85. The van der Waals surface area contributed by atoms with E-state index in [1.807, 2.05) is 48.9 Å². The molecule has 0 amide bonds. The molecular weight excluding hydrogens is 292 g/mol. The van der Waals surface area contributed by atoms with Crippen LogP contribution in [0, 0.1) is 13.8 Å². The van der Waals surface area contributed by atoms with Gasteiger partial charge in [0, 0.05) is 17.5 Å². The Kier molecular flexibility index (Phi) is 3.73. The van der Waals surface area contributed by atoms with Crippen LogP contribution in [-0.2, 0) is 4.79 Å². The smallest absolute Gasteiger partial charge is 0.328 e. The van der Waals surface area contributed by atoms with Crippen LogP contribution >= 0.6 is 0 Å². The van der Waals surface area contributed by atoms with Crippen LogP contribution in [0.2, 0.25) is 0 Å². The van der Waals surface area contributed by atoms with Gasteiger partial charge in [-0.3, -0.25) is 4.68 Å². The maximum Gasteiger partial charge on any atom is 0.328 e. The molecule has 3 aromatic rings. The van der Waals surface area contributed by atoms with Crippen LogP contribution in [0.25, 0.3) is 16.8 Å². The second kappa shape index (κ2) is 5.72. The third-order valence-corrected chi connectivity index (χ3v) is 3.79. The Morgan fingerprint density at radius 3 is 2.65 bits per heavy atom. The van der Waals surface area contributed by atoms with Crippen molar-refractivity contribution in [2.45, 2.75) is 26.8 Å². The van der Waals surface area contributed by atoms with Crippen molar-refractivity contribution in [3.8, 4) is 16.8 Å². The summed E-state index contributed by atoms with van der Waals surface area (Å²) in [5, 5.41) is 17.7. The maximum atomic E-state index is 11.1. The summed E-state index contributed by atoms with van der Waals surface area (Å²) in [4.78, 5) is 11.1. The number of benzene rings is 1. The first-order valence-electron chi connectivity index (χ1n) is 7.37. The fraction of sp³-hybridized carbons (Fsp3) is 0.235. The van der Waals surface area contributed by atoms with E-state index in [9.17, 15) is 4.79 Å². The third-order valence-electron chi connectivity index (χ3n) is 3.79. The van der Waals surface area contributed by atoms with Crippen LogP contribution in [0.3, 0.4) is 0 Å². The maximum absolute atomic E-state index is 11.1. The van der Waals surface area contributed by atoms with Gasteiger partial charge in [0.15, 0.2) is 0 Å². The van der Waals surface area contributed by atoms with E-state index in [4.69, 9.17) is 5.11 Å². The molecule has 0 saturated carbocycles. The molecule has 0 aliphatic rings. The molecule has 6 nitrogen and oxygen atoms in total. The molecule has 0 fully saturated rings. The Morgan fingerprint density at radius 1 is 1.22 bits per heavy atom. The lowest BCUT2D eigenvalue weighted by Crippen LogP contribution is -2.15. The lowest BCUT2D eigenvalue weighted by molar-refractivity contribution is -0.140. The van der Waals surface area contributed by atoms with Gasteiger partial charge in [-0.1, -0.05) is 12.1 Å². The van der Waals surface area contributed by atoms with E-state index < -0.39 is 12.0 Å².